The van der Waals surface area contributed by atoms with Gasteiger partial charge in [0.15, 0.2) is 5.82 Å². The second-order valence-corrected chi connectivity index (χ2v) is 6.05. The number of likely N-dealkylation sites (N-methyl/N-ethyl adjacent to an activating group) is 1. The summed E-state index contributed by atoms with van der Waals surface area (Å²) in [7, 11) is 3.52. The van der Waals surface area contributed by atoms with Gasteiger partial charge in [0.2, 0.25) is 5.95 Å². The Morgan fingerprint density at radius 3 is 2.73 bits per heavy atom. The summed E-state index contributed by atoms with van der Waals surface area (Å²) >= 11 is 6.15. The highest BCUT2D eigenvalue weighted by molar-refractivity contribution is 6.32. The second-order valence-electron chi connectivity index (χ2n) is 5.64. The third-order valence-corrected chi connectivity index (χ3v) is 4.09. The molecule has 0 saturated heterocycles. The van der Waals surface area contributed by atoms with Gasteiger partial charge in [-0.05, 0) is 42.3 Å². The van der Waals surface area contributed by atoms with E-state index in [-0.39, 0.29) is 0 Å². The molecule has 0 amide bonds. The van der Waals surface area contributed by atoms with Crippen molar-refractivity contribution in [3.05, 3.63) is 59.5 Å². The van der Waals surface area contributed by atoms with E-state index in [0.29, 0.717) is 22.5 Å². The number of nitrogens with one attached hydrogen (secondary N) is 1. The van der Waals surface area contributed by atoms with Gasteiger partial charge in [-0.2, -0.15) is 10.1 Å². The van der Waals surface area contributed by atoms with Gasteiger partial charge < -0.3 is 15.0 Å². The molecule has 0 radical (unpaired) electrons. The maximum Gasteiger partial charge on any atom is 0.247 e. The van der Waals surface area contributed by atoms with Gasteiger partial charge in [0, 0.05) is 31.7 Å². The third kappa shape index (κ3) is 4.58. The lowest BCUT2D eigenvalue weighted by molar-refractivity contribution is 0.415. The number of rotatable bonds is 7. The first kappa shape index (κ1) is 17.9. The summed E-state index contributed by atoms with van der Waals surface area (Å²) in [6.45, 7) is 0.767. The summed E-state index contributed by atoms with van der Waals surface area (Å²) in [5.74, 6) is 1.75. The van der Waals surface area contributed by atoms with E-state index in [1.165, 1.54) is 5.56 Å². The zero-order valence-corrected chi connectivity index (χ0v) is 15.3. The molecule has 0 saturated carbocycles. The number of aromatic nitrogens is 4. The van der Waals surface area contributed by atoms with Crippen LogP contribution in [0.5, 0.6) is 5.75 Å². The highest BCUT2D eigenvalue weighted by Crippen LogP contribution is 2.28. The average molecular weight is 371 g/mol. The van der Waals surface area contributed by atoms with Crippen LogP contribution >= 0.6 is 11.6 Å². The van der Waals surface area contributed by atoms with Crippen molar-refractivity contribution in [3.63, 3.8) is 0 Å². The van der Waals surface area contributed by atoms with Gasteiger partial charge in [-0.25, -0.2) is 0 Å². The summed E-state index contributed by atoms with van der Waals surface area (Å²) in [6, 6.07) is 9.42. The van der Waals surface area contributed by atoms with Crippen molar-refractivity contribution in [2.75, 3.05) is 30.9 Å². The van der Waals surface area contributed by atoms with Crippen LogP contribution in [0.3, 0.4) is 0 Å². The topological polar surface area (TPSA) is 76.1 Å². The first-order chi connectivity index (χ1) is 12.7. The normalized spacial score (nSPS) is 10.4. The molecule has 3 rings (SSSR count). The molecule has 3 aromatic rings. The van der Waals surface area contributed by atoms with Crippen LogP contribution in [0.15, 0.2) is 48.9 Å². The first-order valence-electron chi connectivity index (χ1n) is 8.06. The lowest BCUT2D eigenvalue weighted by atomic mass is 10.2. The molecule has 0 bridgehead atoms. The van der Waals surface area contributed by atoms with Crippen molar-refractivity contribution < 1.29 is 4.74 Å². The van der Waals surface area contributed by atoms with Crippen molar-refractivity contribution in [2.24, 2.45) is 0 Å². The van der Waals surface area contributed by atoms with Crippen LogP contribution in [-0.4, -0.2) is 40.9 Å². The Morgan fingerprint density at radius 1 is 1.19 bits per heavy atom. The predicted octanol–water partition coefficient (Wildman–Crippen LogP) is 3.35. The number of methoxy groups -OCH3 is 1. The summed E-state index contributed by atoms with van der Waals surface area (Å²) in [5.41, 5.74) is 2.00. The van der Waals surface area contributed by atoms with E-state index in [1.807, 2.05) is 30.1 Å². The largest absolute Gasteiger partial charge is 0.495 e. The molecule has 0 spiro atoms. The number of pyridine rings is 1. The number of benzene rings is 1. The molecule has 0 fully saturated rings. The SMILES string of the molecule is COc1ccc(Nc2cnnc(N(C)CCc3ccncc3)n2)cc1Cl. The molecule has 1 aromatic carbocycles. The molecule has 1 N–H and O–H groups in total. The standard InChI is InChI=1S/C18H19ClN6O/c1-25(10-7-13-5-8-20-9-6-13)18-23-17(12-21-24-18)22-14-3-4-16(26-2)15(19)11-14/h3-6,8-9,11-12H,7,10H2,1-2H3,(H,22,23,24). The fourth-order valence-corrected chi connectivity index (χ4v) is 2.61. The van der Waals surface area contributed by atoms with E-state index in [4.69, 9.17) is 16.3 Å². The summed E-state index contributed by atoms with van der Waals surface area (Å²) in [6.07, 6.45) is 6.02. The lowest BCUT2D eigenvalue weighted by Gasteiger charge is -2.17. The molecule has 0 unspecified atom stereocenters. The Bertz CT molecular complexity index is 861. The minimum Gasteiger partial charge on any atom is -0.495 e. The van der Waals surface area contributed by atoms with Crippen molar-refractivity contribution in [1.82, 2.24) is 20.2 Å². The van der Waals surface area contributed by atoms with Crippen LogP contribution in [-0.2, 0) is 6.42 Å². The van der Waals surface area contributed by atoms with Gasteiger partial charge in [-0.3, -0.25) is 4.98 Å². The number of hydrogen-bond donors (Lipinski definition) is 1. The van der Waals surface area contributed by atoms with Gasteiger partial charge in [0.1, 0.15) is 5.75 Å². The van der Waals surface area contributed by atoms with Crippen LogP contribution in [0.4, 0.5) is 17.5 Å². The van der Waals surface area contributed by atoms with E-state index >= 15 is 0 Å². The summed E-state index contributed by atoms with van der Waals surface area (Å²) in [4.78, 5) is 10.5. The number of anilines is 3. The Balaban J connectivity index is 1.66. The van der Waals surface area contributed by atoms with Crippen LogP contribution in [0.1, 0.15) is 5.56 Å². The van der Waals surface area contributed by atoms with Crippen LogP contribution < -0.4 is 15.0 Å². The van der Waals surface area contributed by atoms with Crippen molar-refractivity contribution in [3.8, 4) is 5.75 Å². The molecule has 8 heteroatoms. The molecule has 0 atom stereocenters. The van der Waals surface area contributed by atoms with Gasteiger partial charge in [-0.15, -0.1) is 5.10 Å². The van der Waals surface area contributed by atoms with Gasteiger partial charge in [-0.1, -0.05) is 11.6 Å². The average Bonchev–Trinajstić information content (AvgIpc) is 2.67. The quantitative estimate of drug-likeness (QED) is 0.683. The Hall–Kier alpha value is -2.93. The molecular formula is C18H19ClN6O. The number of hydrogen-bond acceptors (Lipinski definition) is 7. The summed E-state index contributed by atoms with van der Waals surface area (Å²) < 4.78 is 5.16. The Labute approximate surface area is 157 Å². The smallest absolute Gasteiger partial charge is 0.247 e. The molecule has 2 heterocycles. The van der Waals surface area contributed by atoms with E-state index in [1.54, 1.807) is 37.8 Å². The lowest BCUT2D eigenvalue weighted by Crippen LogP contribution is -2.23. The maximum atomic E-state index is 6.15. The highest BCUT2D eigenvalue weighted by Gasteiger charge is 2.08. The molecule has 2 aromatic heterocycles. The monoisotopic (exact) mass is 370 g/mol. The van der Waals surface area contributed by atoms with Crippen LogP contribution in [0.25, 0.3) is 0 Å². The second kappa shape index (κ2) is 8.44. The van der Waals surface area contributed by atoms with E-state index in [9.17, 15) is 0 Å². The molecule has 0 aliphatic carbocycles. The van der Waals surface area contributed by atoms with Crippen molar-refractivity contribution >= 4 is 29.1 Å². The fraction of sp³-hybridized carbons (Fsp3) is 0.222. The maximum absolute atomic E-state index is 6.15. The van der Waals surface area contributed by atoms with Crippen LogP contribution in [0, 0.1) is 0 Å². The third-order valence-electron chi connectivity index (χ3n) is 3.80. The number of halogens is 1. The van der Waals surface area contributed by atoms with Gasteiger partial charge in [0.05, 0.1) is 18.3 Å². The summed E-state index contributed by atoms with van der Waals surface area (Å²) in [5, 5.41) is 11.8. The van der Waals surface area contributed by atoms with Crippen LogP contribution in [0.2, 0.25) is 5.02 Å². The number of ether oxygens (including phenoxy) is 1. The predicted molar refractivity (Wildman–Crippen MR) is 102 cm³/mol. The minimum absolute atomic E-state index is 0.522. The molecule has 0 aliphatic heterocycles. The molecule has 26 heavy (non-hydrogen) atoms. The zero-order chi connectivity index (χ0) is 18.4. The molecular weight excluding hydrogens is 352 g/mol. The van der Waals surface area contributed by atoms with E-state index in [0.717, 1.165) is 18.7 Å². The number of nitrogens with zero attached hydrogens (tertiary/aromatic N) is 5. The minimum atomic E-state index is 0.522. The zero-order valence-electron chi connectivity index (χ0n) is 14.6. The first-order valence-corrected chi connectivity index (χ1v) is 8.44. The van der Waals surface area contributed by atoms with Gasteiger partial charge in [0.25, 0.3) is 0 Å². The van der Waals surface area contributed by atoms with Gasteiger partial charge >= 0.3 is 0 Å². The molecule has 134 valence electrons. The fourth-order valence-electron chi connectivity index (χ4n) is 2.35. The van der Waals surface area contributed by atoms with E-state index in [2.05, 4.69) is 25.5 Å². The Morgan fingerprint density at radius 2 is 2.00 bits per heavy atom. The molecule has 7 nitrogen and oxygen atoms in total. The van der Waals surface area contributed by atoms with Crippen molar-refractivity contribution in [2.45, 2.75) is 6.42 Å². The van der Waals surface area contributed by atoms with E-state index < -0.39 is 0 Å². The highest BCUT2D eigenvalue weighted by atomic mass is 35.5. The molecule has 0 aliphatic rings. The Kier molecular flexibility index (Phi) is 5.80. The van der Waals surface area contributed by atoms with Crippen molar-refractivity contribution in [1.29, 1.82) is 0 Å².